The van der Waals surface area contributed by atoms with Gasteiger partial charge < -0.3 is 0 Å². The summed E-state index contributed by atoms with van der Waals surface area (Å²) in [5, 5.41) is 0. The predicted molar refractivity (Wildman–Crippen MR) is 68.7 cm³/mol. The first kappa shape index (κ1) is 14.0. The fourth-order valence-corrected chi connectivity index (χ4v) is 1.82. The zero-order valence-corrected chi connectivity index (χ0v) is 10.6. The van der Waals surface area contributed by atoms with E-state index in [1.54, 1.807) is 0 Å². The minimum absolute atomic E-state index is 0.988. The Morgan fingerprint density at radius 1 is 1.07 bits per heavy atom. The average Bonchev–Trinajstić information content (AvgIpc) is 2.27. The summed E-state index contributed by atoms with van der Waals surface area (Å²) in [6.45, 7) is 12.4. The van der Waals surface area contributed by atoms with Crippen molar-refractivity contribution < 1.29 is 0 Å². The van der Waals surface area contributed by atoms with E-state index in [-0.39, 0.29) is 0 Å². The SMILES string of the molecule is C=C=C/C(CC)=C(/CC)C(=[C]CC)CC. The van der Waals surface area contributed by atoms with Gasteiger partial charge in [-0.1, -0.05) is 34.3 Å². The van der Waals surface area contributed by atoms with Crippen molar-refractivity contribution in [3.05, 3.63) is 41.2 Å². The molecule has 0 spiro atoms. The molecule has 0 unspecified atom stereocenters. The van der Waals surface area contributed by atoms with Crippen molar-refractivity contribution in [1.29, 1.82) is 0 Å². The molecule has 0 aromatic carbocycles. The van der Waals surface area contributed by atoms with E-state index >= 15 is 0 Å². The summed E-state index contributed by atoms with van der Waals surface area (Å²) in [5.74, 6) is 0. The Hall–Kier alpha value is -1.00. The normalized spacial score (nSPS) is 13.2. The minimum atomic E-state index is 0.988. The molecule has 0 heterocycles. The van der Waals surface area contributed by atoms with Crippen LogP contribution >= 0.6 is 0 Å². The topological polar surface area (TPSA) is 0 Å². The summed E-state index contributed by atoms with van der Waals surface area (Å²) in [7, 11) is 0. The third kappa shape index (κ3) is 4.36. The first-order valence-electron chi connectivity index (χ1n) is 5.92. The zero-order valence-electron chi connectivity index (χ0n) is 10.6. The molecule has 83 valence electrons. The molecule has 0 aliphatic carbocycles. The highest BCUT2D eigenvalue weighted by Crippen LogP contribution is 2.24. The predicted octanol–water partition coefficient (Wildman–Crippen LogP) is 4.99. The Balaban J connectivity index is 5.31. The number of rotatable bonds is 6. The molecular formula is C15H23. The summed E-state index contributed by atoms with van der Waals surface area (Å²) in [4.78, 5) is 0. The Morgan fingerprint density at radius 3 is 2.07 bits per heavy atom. The van der Waals surface area contributed by atoms with E-state index in [1.807, 2.05) is 6.08 Å². The van der Waals surface area contributed by atoms with Crippen LogP contribution in [-0.2, 0) is 0 Å². The highest BCUT2D eigenvalue weighted by Gasteiger charge is 2.05. The van der Waals surface area contributed by atoms with Crippen molar-refractivity contribution in [2.75, 3.05) is 0 Å². The van der Waals surface area contributed by atoms with Gasteiger partial charge >= 0.3 is 0 Å². The van der Waals surface area contributed by atoms with Gasteiger partial charge in [-0.25, -0.2) is 0 Å². The smallest absolute Gasteiger partial charge is 0.0171 e. The van der Waals surface area contributed by atoms with Gasteiger partial charge in [0.15, 0.2) is 0 Å². The summed E-state index contributed by atoms with van der Waals surface area (Å²) in [5.41, 5.74) is 7.03. The van der Waals surface area contributed by atoms with Gasteiger partial charge in [0.1, 0.15) is 0 Å². The molecule has 0 saturated heterocycles. The van der Waals surface area contributed by atoms with Gasteiger partial charge in [-0.05, 0) is 54.6 Å². The van der Waals surface area contributed by atoms with Crippen LogP contribution in [0.1, 0.15) is 53.4 Å². The molecule has 0 heteroatoms. The lowest BCUT2D eigenvalue weighted by Gasteiger charge is -2.12. The summed E-state index contributed by atoms with van der Waals surface area (Å²) >= 11 is 0. The zero-order chi connectivity index (χ0) is 11.7. The fraction of sp³-hybridized carbons (Fsp3) is 0.533. The Morgan fingerprint density at radius 2 is 1.73 bits per heavy atom. The van der Waals surface area contributed by atoms with Crippen molar-refractivity contribution in [2.24, 2.45) is 0 Å². The van der Waals surface area contributed by atoms with Crippen LogP contribution in [0.3, 0.4) is 0 Å². The molecule has 0 saturated carbocycles. The van der Waals surface area contributed by atoms with Crippen LogP contribution in [0.15, 0.2) is 35.1 Å². The molecule has 0 atom stereocenters. The van der Waals surface area contributed by atoms with Gasteiger partial charge in [-0.3, -0.25) is 0 Å². The van der Waals surface area contributed by atoms with Gasteiger partial charge in [0.05, 0.1) is 0 Å². The summed E-state index contributed by atoms with van der Waals surface area (Å²) in [6, 6.07) is 0. The molecule has 0 bridgehead atoms. The highest BCUT2D eigenvalue weighted by molar-refractivity contribution is 5.38. The molecule has 1 radical (unpaired) electrons. The van der Waals surface area contributed by atoms with E-state index in [4.69, 9.17) is 0 Å². The van der Waals surface area contributed by atoms with E-state index in [2.05, 4.69) is 46.1 Å². The maximum atomic E-state index is 3.65. The second kappa shape index (κ2) is 8.32. The monoisotopic (exact) mass is 203 g/mol. The molecule has 0 fully saturated rings. The van der Waals surface area contributed by atoms with E-state index in [0.29, 0.717) is 0 Å². The van der Waals surface area contributed by atoms with Gasteiger partial charge in [0, 0.05) is 0 Å². The molecule has 0 aromatic rings. The number of hydrogen-bond acceptors (Lipinski definition) is 0. The Labute approximate surface area is 95.1 Å². The molecular weight excluding hydrogens is 180 g/mol. The van der Waals surface area contributed by atoms with E-state index in [9.17, 15) is 0 Å². The maximum Gasteiger partial charge on any atom is -0.0171 e. The van der Waals surface area contributed by atoms with Crippen LogP contribution in [-0.4, -0.2) is 0 Å². The average molecular weight is 203 g/mol. The third-order valence-electron chi connectivity index (χ3n) is 2.51. The molecule has 0 N–H and O–H groups in total. The van der Waals surface area contributed by atoms with E-state index < -0.39 is 0 Å². The van der Waals surface area contributed by atoms with Crippen LogP contribution in [0.4, 0.5) is 0 Å². The van der Waals surface area contributed by atoms with Crippen molar-refractivity contribution in [1.82, 2.24) is 0 Å². The molecule has 0 nitrogen and oxygen atoms in total. The standard InChI is InChI=1S/C15H23/c1-6-11-13(8-3)15(10-5)14(9-4)12-7-2/h11H,1,7-10H2,2-5H3/b14-12?,15-13-. The number of hydrogen-bond donors (Lipinski definition) is 0. The van der Waals surface area contributed by atoms with Crippen LogP contribution in [0.5, 0.6) is 0 Å². The second-order valence-corrected chi connectivity index (χ2v) is 3.42. The first-order chi connectivity index (χ1) is 7.24. The lowest BCUT2D eigenvalue weighted by Crippen LogP contribution is -1.93. The lowest BCUT2D eigenvalue weighted by atomic mass is 9.93. The van der Waals surface area contributed by atoms with Gasteiger partial charge in [0.2, 0.25) is 0 Å². The van der Waals surface area contributed by atoms with Crippen LogP contribution in [0.25, 0.3) is 0 Å². The summed E-state index contributed by atoms with van der Waals surface area (Å²) < 4.78 is 0. The second-order valence-electron chi connectivity index (χ2n) is 3.42. The summed E-state index contributed by atoms with van der Waals surface area (Å²) in [6.07, 6.45) is 9.61. The fourth-order valence-electron chi connectivity index (χ4n) is 1.82. The van der Waals surface area contributed by atoms with E-state index in [0.717, 1.165) is 25.7 Å². The van der Waals surface area contributed by atoms with Gasteiger partial charge in [-0.2, -0.15) is 0 Å². The highest BCUT2D eigenvalue weighted by atomic mass is 14.1. The Kier molecular flexibility index (Phi) is 7.77. The van der Waals surface area contributed by atoms with Crippen LogP contribution in [0, 0.1) is 6.08 Å². The van der Waals surface area contributed by atoms with Gasteiger partial charge in [-0.15, -0.1) is 5.73 Å². The molecule has 0 amide bonds. The largest absolute Gasteiger partial charge is 0.128 e. The van der Waals surface area contributed by atoms with Crippen molar-refractivity contribution in [3.8, 4) is 0 Å². The van der Waals surface area contributed by atoms with Crippen molar-refractivity contribution in [3.63, 3.8) is 0 Å². The lowest BCUT2D eigenvalue weighted by molar-refractivity contribution is 0.954. The van der Waals surface area contributed by atoms with Crippen molar-refractivity contribution in [2.45, 2.75) is 53.4 Å². The molecule has 0 rings (SSSR count). The quantitative estimate of drug-likeness (QED) is 0.421. The molecule has 0 aromatic heterocycles. The Bertz CT molecular complexity index is 283. The molecule has 15 heavy (non-hydrogen) atoms. The van der Waals surface area contributed by atoms with Crippen LogP contribution < -0.4 is 0 Å². The van der Waals surface area contributed by atoms with Crippen LogP contribution in [0.2, 0.25) is 0 Å². The minimum Gasteiger partial charge on any atom is -0.128 e. The third-order valence-corrected chi connectivity index (χ3v) is 2.51. The maximum absolute atomic E-state index is 3.65. The van der Waals surface area contributed by atoms with Crippen molar-refractivity contribution >= 4 is 0 Å². The first-order valence-corrected chi connectivity index (χ1v) is 5.92. The number of allylic oxidation sites excluding steroid dienone is 5. The molecule has 0 aliphatic heterocycles. The van der Waals surface area contributed by atoms with E-state index in [1.165, 1.54) is 16.7 Å². The molecule has 0 aliphatic rings. The van der Waals surface area contributed by atoms with Gasteiger partial charge in [0.25, 0.3) is 0 Å².